The molecule has 2 rings (SSSR count). The van der Waals surface area contributed by atoms with E-state index in [-0.39, 0.29) is 5.75 Å². The van der Waals surface area contributed by atoms with Crippen LogP contribution in [0.25, 0.3) is 5.57 Å². The molecule has 0 bridgehead atoms. The molecular formula is C22H30F2O. The Bertz CT molecular complexity index is 592. The lowest BCUT2D eigenvalue weighted by Gasteiger charge is -2.22. The maximum atomic E-state index is 14.4. The predicted molar refractivity (Wildman–Crippen MR) is 101 cm³/mol. The van der Waals surface area contributed by atoms with Crippen molar-refractivity contribution in [2.75, 3.05) is 6.61 Å². The van der Waals surface area contributed by atoms with Crippen LogP contribution in [0.3, 0.4) is 0 Å². The number of rotatable bonds is 10. The summed E-state index contributed by atoms with van der Waals surface area (Å²) < 4.78 is 34.0. The molecule has 1 atom stereocenters. The largest absolute Gasteiger partial charge is 0.490 e. The van der Waals surface area contributed by atoms with Gasteiger partial charge in [-0.05, 0) is 62.1 Å². The fraction of sp³-hybridized carbons (Fsp3) is 0.545. The van der Waals surface area contributed by atoms with Gasteiger partial charge in [-0.1, -0.05) is 38.3 Å². The Hall–Kier alpha value is -1.64. The van der Waals surface area contributed by atoms with Gasteiger partial charge >= 0.3 is 0 Å². The van der Waals surface area contributed by atoms with E-state index in [1.54, 1.807) is 12.1 Å². The molecule has 0 heterocycles. The Morgan fingerprint density at radius 2 is 2.04 bits per heavy atom. The lowest BCUT2D eigenvalue weighted by atomic mass is 9.83. The molecule has 0 N–H and O–H groups in total. The van der Waals surface area contributed by atoms with Crippen molar-refractivity contribution < 1.29 is 13.5 Å². The van der Waals surface area contributed by atoms with Crippen molar-refractivity contribution in [3.05, 3.63) is 48.1 Å². The Balaban J connectivity index is 1.96. The van der Waals surface area contributed by atoms with Crippen LogP contribution >= 0.6 is 0 Å². The molecular weight excluding hydrogens is 318 g/mol. The highest BCUT2D eigenvalue weighted by Gasteiger charge is 2.21. The van der Waals surface area contributed by atoms with Crippen molar-refractivity contribution >= 4 is 5.57 Å². The summed E-state index contributed by atoms with van der Waals surface area (Å²) in [6.07, 6.45) is 13.4. The van der Waals surface area contributed by atoms with Crippen LogP contribution in [0.15, 0.2) is 30.9 Å². The summed E-state index contributed by atoms with van der Waals surface area (Å²) in [5.74, 6) is -0.949. The lowest BCUT2D eigenvalue weighted by molar-refractivity contribution is 0.288. The van der Waals surface area contributed by atoms with Gasteiger partial charge in [-0.3, -0.25) is 0 Å². The van der Waals surface area contributed by atoms with Crippen LogP contribution in [0, 0.1) is 17.6 Å². The summed E-state index contributed by atoms with van der Waals surface area (Å²) in [5, 5.41) is 0. The van der Waals surface area contributed by atoms with E-state index in [0.717, 1.165) is 44.1 Å². The average Bonchev–Trinajstić information content (AvgIpc) is 2.63. The molecule has 0 saturated carbocycles. The predicted octanol–water partition coefficient (Wildman–Crippen LogP) is 7.07. The molecule has 0 aromatic heterocycles. The molecule has 0 saturated heterocycles. The number of hydrogen-bond donors (Lipinski definition) is 0. The smallest absolute Gasteiger partial charge is 0.201 e. The maximum Gasteiger partial charge on any atom is 0.201 e. The summed E-state index contributed by atoms with van der Waals surface area (Å²) in [6.45, 7) is 6.20. The number of unbranched alkanes of at least 4 members (excludes halogenated alkanes) is 3. The Morgan fingerprint density at radius 3 is 2.72 bits per heavy atom. The van der Waals surface area contributed by atoms with E-state index in [2.05, 4.69) is 12.7 Å². The van der Waals surface area contributed by atoms with E-state index in [4.69, 9.17) is 4.74 Å². The molecule has 1 unspecified atom stereocenters. The van der Waals surface area contributed by atoms with Crippen LogP contribution in [0.2, 0.25) is 0 Å². The first kappa shape index (κ1) is 19.7. The minimum absolute atomic E-state index is 0.0196. The second-order valence-corrected chi connectivity index (χ2v) is 6.88. The molecule has 0 spiro atoms. The third-order valence-corrected chi connectivity index (χ3v) is 4.94. The fourth-order valence-corrected chi connectivity index (χ4v) is 3.33. The zero-order valence-electron chi connectivity index (χ0n) is 15.3. The number of ether oxygens (including phenoxy) is 1. The molecule has 0 aliphatic heterocycles. The van der Waals surface area contributed by atoms with Gasteiger partial charge in [0.2, 0.25) is 5.82 Å². The van der Waals surface area contributed by atoms with Crippen LogP contribution in [0.4, 0.5) is 8.78 Å². The molecule has 25 heavy (non-hydrogen) atoms. The van der Waals surface area contributed by atoms with Gasteiger partial charge in [-0.2, -0.15) is 4.39 Å². The molecule has 0 fully saturated rings. The normalized spacial score (nSPS) is 17.2. The van der Waals surface area contributed by atoms with Gasteiger partial charge < -0.3 is 4.74 Å². The number of benzene rings is 1. The highest BCUT2D eigenvalue weighted by atomic mass is 19.2. The quantitative estimate of drug-likeness (QED) is 0.324. The van der Waals surface area contributed by atoms with Gasteiger partial charge in [0.25, 0.3) is 0 Å². The van der Waals surface area contributed by atoms with Crippen molar-refractivity contribution in [2.24, 2.45) is 5.92 Å². The lowest BCUT2D eigenvalue weighted by Crippen LogP contribution is -2.07. The van der Waals surface area contributed by atoms with E-state index in [9.17, 15) is 8.78 Å². The zero-order chi connectivity index (χ0) is 18.1. The molecule has 3 heteroatoms. The number of hydrogen-bond acceptors (Lipinski definition) is 1. The highest BCUT2D eigenvalue weighted by Crippen LogP contribution is 2.35. The van der Waals surface area contributed by atoms with Gasteiger partial charge in [0, 0.05) is 5.56 Å². The molecule has 1 aliphatic rings. The molecule has 1 nitrogen and oxygen atoms in total. The third-order valence-electron chi connectivity index (χ3n) is 4.94. The Kier molecular flexibility index (Phi) is 8.17. The Labute approximate surface area is 150 Å². The minimum atomic E-state index is -0.860. The third kappa shape index (κ3) is 5.69. The second-order valence-electron chi connectivity index (χ2n) is 6.88. The summed E-state index contributed by atoms with van der Waals surface area (Å²) in [4.78, 5) is 0. The van der Waals surface area contributed by atoms with Crippen molar-refractivity contribution in [2.45, 2.75) is 64.7 Å². The van der Waals surface area contributed by atoms with Crippen LogP contribution in [0.5, 0.6) is 5.75 Å². The monoisotopic (exact) mass is 348 g/mol. The van der Waals surface area contributed by atoms with Crippen molar-refractivity contribution in [1.29, 1.82) is 0 Å². The molecule has 1 aromatic carbocycles. The second kappa shape index (κ2) is 10.4. The van der Waals surface area contributed by atoms with Crippen molar-refractivity contribution in [3.8, 4) is 5.75 Å². The van der Waals surface area contributed by atoms with Crippen LogP contribution in [0.1, 0.15) is 70.3 Å². The highest BCUT2D eigenvalue weighted by molar-refractivity contribution is 5.67. The van der Waals surface area contributed by atoms with E-state index < -0.39 is 11.6 Å². The molecule has 0 radical (unpaired) electrons. The van der Waals surface area contributed by atoms with Gasteiger partial charge in [0.1, 0.15) is 0 Å². The fourth-order valence-electron chi connectivity index (χ4n) is 3.33. The minimum Gasteiger partial charge on any atom is -0.490 e. The maximum absolute atomic E-state index is 14.4. The summed E-state index contributed by atoms with van der Waals surface area (Å²) in [5.41, 5.74) is 1.32. The first-order chi connectivity index (χ1) is 12.2. The van der Waals surface area contributed by atoms with Gasteiger partial charge in [0.15, 0.2) is 11.6 Å². The summed E-state index contributed by atoms with van der Waals surface area (Å²) in [6, 6.07) is 3.22. The SMILES string of the molecule is C=CCCCCC1CC=C(c2ccc(OCCCC)c(F)c2F)CC1. The summed E-state index contributed by atoms with van der Waals surface area (Å²) >= 11 is 0. The zero-order valence-corrected chi connectivity index (χ0v) is 15.3. The van der Waals surface area contributed by atoms with E-state index in [0.29, 0.717) is 18.1 Å². The van der Waals surface area contributed by atoms with Crippen molar-refractivity contribution in [1.82, 2.24) is 0 Å². The standard InChI is InChI=1S/C22H30F2O/c1-3-5-7-8-9-17-10-12-18(13-11-17)19-14-15-20(22(24)21(19)23)25-16-6-4-2/h3,12,14-15,17H,1,4-11,13,16H2,2H3. The van der Waals surface area contributed by atoms with Gasteiger partial charge in [0.05, 0.1) is 6.61 Å². The van der Waals surface area contributed by atoms with Gasteiger partial charge in [-0.15, -0.1) is 6.58 Å². The van der Waals surface area contributed by atoms with Crippen LogP contribution in [-0.2, 0) is 0 Å². The molecule has 0 amide bonds. The van der Waals surface area contributed by atoms with E-state index in [1.807, 2.05) is 13.0 Å². The molecule has 1 aromatic rings. The summed E-state index contributed by atoms with van der Waals surface area (Å²) in [7, 11) is 0. The van der Waals surface area contributed by atoms with Gasteiger partial charge in [-0.25, -0.2) is 4.39 Å². The molecule has 138 valence electrons. The average molecular weight is 348 g/mol. The van der Waals surface area contributed by atoms with Crippen molar-refractivity contribution in [3.63, 3.8) is 0 Å². The number of halogens is 2. The topological polar surface area (TPSA) is 9.23 Å². The van der Waals surface area contributed by atoms with E-state index in [1.165, 1.54) is 19.3 Å². The van der Waals surface area contributed by atoms with Crippen LogP contribution in [-0.4, -0.2) is 6.61 Å². The van der Waals surface area contributed by atoms with E-state index >= 15 is 0 Å². The number of allylic oxidation sites excluding steroid dienone is 3. The first-order valence-corrected chi connectivity index (χ1v) is 9.58. The van der Waals surface area contributed by atoms with Crippen LogP contribution < -0.4 is 4.74 Å². The molecule has 1 aliphatic carbocycles. The Morgan fingerprint density at radius 1 is 1.20 bits per heavy atom. The first-order valence-electron chi connectivity index (χ1n) is 9.58.